The molecular formula is C28H26O5. The van der Waals surface area contributed by atoms with Crippen molar-refractivity contribution in [3.05, 3.63) is 94.7 Å². The number of Topliss-reactive ketones (excluding diaryl/α,β-unsaturated/α-hetero) is 2. The number of ether oxygens (including phenoxy) is 3. The lowest BCUT2D eigenvalue weighted by molar-refractivity contribution is 0.0920. The number of hydrogen-bond acceptors (Lipinski definition) is 5. The normalized spacial score (nSPS) is 14.1. The van der Waals surface area contributed by atoms with Crippen LogP contribution in [0.15, 0.2) is 72.5 Å². The number of methoxy groups -OCH3 is 1. The summed E-state index contributed by atoms with van der Waals surface area (Å²) in [6.45, 7) is 6.35. The maximum absolute atomic E-state index is 12.7. The Labute approximate surface area is 193 Å². The molecule has 4 rings (SSSR count). The van der Waals surface area contributed by atoms with Crippen LogP contribution < -0.4 is 14.2 Å². The molecule has 0 N–H and O–H groups in total. The smallest absolute Gasteiger partial charge is 0.231 e. The Morgan fingerprint density at radius 2 is 1.61 bits per heavy atom. The van der Waals surface area contributed by atoms with E-state index in [0.717, 1.165) is 5.56 Å². The molecular weight excluding hydrogens is 416 g/mol. The third-order valence-electron chi connectivity index (χ3n) is 5.50. The van der Waals surface area contributed by atoms with Crippen molar-refractivity contribution >= 4 is 17.6 Å². The van der Waals surface area contributed by atoms with Crippen LogP contribution in [-0.2, 0) is 5.41 Å². The number of hydrogen-bond donors (Lipinski definition) is 0. The summed E-state index contributed by atoms with van der Waals surface area (Å²) in [6.07, 6.45) is 1.74. The summed E-state index contributed by atoms with van der Waals surface area (Å²) in [7, 11) is 1.57. The fourth-order valence-electron chi connectivity index (χ4n) is 3.50. The predicted octanol–water partition coefficient (Wildman–Crippen LogP) is 5.87. The summed E-state index contributed by atoms with van der Waals surface area (Å²) < 4.78 is 16.6. The first-order valence-electron chi connectivity index (χ1n) is 10.7. The van der Waals surface area contributed by atoms with Crippen molar-refractivity contribution in [2.45, 2.75) is 26.2 Å². The molecule has 5 heteroatoms. The van der Waals surface area contributed by atoms with Gasteiger partial charge < -0.3 is 14.2 Å². The van der Waals surface area contributed by atoms with Gasteiger partial charge in [-0.3, -0.25) is 9.59 Å². The van der Waals surface area contributed by atoms with Crippen LogP contribution in [0.3, 0.4) is 0 Å². The molecule has 0 fully saturated rings. The molecule has 0 amide bonds. The van der Waals surface area contributed by atoms with Crippen molar-refractivity contribution in [2.24, 2.45) is 0 Å². The van der Waals surface area contributed by atoms with Crippen molar-refractivity contribution in [1.82, 2.24) is 0 Å². The molecule has 0 saturated carbocycles. The van der Waals surface area contributed by atoms with E-state index in [4.69, 9.17) is 14.2 Å². The van der Waals surface area contributed by atoms with Crippen LogP contribution in [0.4, 0.5) is 0 Å². The molecule has 0 spiro atoms. The van der Waals surface area contributed by atoms with E-state index in [2.05, 4.69) is 32.9 Å². The third kappa shape index (κ3) is 4.98. The van der Waals surface area contributed by atoms with Crippen molar-refractivity contribution in [1.29, 1.82) is 0 Å². The third-order valence-corrected chi connectivity index (χ3v) is 5.50. The lowest BCUT2D eigenvalue weighted by Crippen LogP contribution is -2.11. The van der Waals surface area contributed by atoms with Gasteiger partial charge >= 0.3 is 0 Å². The Balaban J connectivity index is 1.44. The van der Waals surface area contributed by atoms with Gasteiger partial charge in [0.2, 0.25) is 5.78 Å². The van der Waals surface area contributed by atoms with Gasteiger partial charge in [-0.05, 0) is 59.0 Å². The number of ketones is 2. The van der Waals surface area contributed by atoms with E-state index in [-0.39, 0.29) is 29.3 Å². The minimum atomic E-state index is -0.175. The molecule has 33 heavy (non-hydrogen) atoms. The van der Waals surface area contributed by atoms with Crippen LogP contribution in [0.2, 0.25) is 0 Å². The van der Waals surface area contributed by atoms with Crippen molar-refractivity contribution in [2.75, 3.05) is 13.7 Å². The molecule has 0 aliphatic carbocycles. The van der Waals surface area contributed by atoms with Gasteiger partial charge in [-0.2, -0.15) is 0 Å². The highest BCUT2D eigenvalue weighted by Gasteiger charge is 2.28. The summed E-state index contributed by atoms with van der Waals surface area (Å²) in [6, 6.07) is 19.9. The molecule has 3 aromatic carbocycles. The molecule has 3 aromatic rings. The minimum Gasteiger partial charge on any atom is -0.497 e. The number of benzene rings is 3. The van der Waals surface area contributed by atoms with Gasteiger partial charge in [0.15, 0.2) is 18.1 Å². The first kappa shape index (κ1) is 22.3. The van der Waals surface area contributed by atoms with E-state index >= 15 is 0 Å². The van der Waals surface area contributed by atoms with Crippen LogP contribution in [0, 0.1) is 0 Å². The second-order valence-electron chi connectivity index (χ2n) is 8.91. The molecule has 1 aliphatic heterocycles. The molecule has 0 radical (unpaired) electrons. The lowest BCUT2D eigenvalue weighted by atomic mass is 9.86. The molecule has 0 unspecified atom stereocenters. The first-order chi connectivity index (χ1) is 15.7. The van der Waals surface area contributed by atoms with Gasteiger partial charge in [0, 0.05) is 11.6 Å². The van der Waals surface area contributed by atoms with Crippen LogP contribution in [0.1, 0.15) is 52.6 Å². The molecule has 0 saturated heterocycles. The molecule has 168 valence electrons. The average Bonchev–Trinajstić information content (AvgIpc) is 3.11. The maximum atomic E-state index is 12.7. The van der Waals surface area contributed by atoms with Crippen LogP contribution in [0.5, 0.6) is 17.2 Å². The van der Waals surface area contributed by atoms with E-state index in [0.29, 0.717) is 28.4 Å². The zero-order valence-corrected chi connectivity index (χ0v) is 19.2. The van der Waals surface area contributed by atoms with Crippen LogP contribution >= 0.6 is 0 Å². The Bertz CT molecular complexity index is 1210. The molecule has 0 bridgehead atoms. The fraction of sp³-hybridized carbons (Fsp3) is 0.214. The van der Waals surface area contributed by atoms with Crippen LogP contribution in [0.25, 0.3) is 6.08 Å². The highest BCUT2D eigenvalue weighted by atomic mass is 16.5. The van der Waals surface area contributed by atoms with E-state index in [1.165, 1.54) is 5.56 Å². The monoisotopic (exact) mass is 442 g/mol. The van der Waals surface area contributed by atoms with Gasteiger partial charge in [-0.25, -0.2) is 0 Å². The van der Waals surface area contributed by atoms with Gasteiger partial charge in [-0.15, -0.1) is 0 Å². The lowest BCUT2D eigenvalue weighted by Gasteiger charge is -2.18. The summed E-state index contributed by atoms with van der Waals surface area (Å²) in [5.41, 5.74) is 3.18. The Kier molecular flexibility index (Phi) is 6.05. The largest absolute Gasteiger partial charge is 0.497 e. The standard InChI is InChI=1S/C28H26O5/c1-28(2,3)20-9-5-18(6-10-20)15-26-27(30)23-14-13-22(16-25(23)33-26)32-17-24(29)19-7-11-21(31-4)12-8-19/h5-16H,17H2,1-4H3. The average molecular weight is 443 g/mol. The predicted molar refractivity (Wildman–Crippen MR) is 127 cm³/mol. The molecule has 1 aliphatic rings. The maximum Gasteiger partial charge on any atom is 0.231 e. The molecule has 1 heterocycles. The van der Waals surface area contributed by atoms with Gasteiger partial charge in [-0.1, -0.05) is 45.0 Å². The second-order valence-corrected chi connectivity index (χ2v) is 8.91. The molecule has 0 aromatic heterocycles. The zero-order chi connectivity index (χ0) is 23.6. The number of carbonyl (C=O) groups is 2. The number of carbonyl (C=O) groups excluding carboxylic acids is 2. The Morgan fingerprint density at radius 3 is 2.24 bits per heavy atom. The van der Waals surface area contributed by atoms with E-state index in [9.17, 15) is 9.59 Å². The highest BCUT2D eigenvalue weighted by Crippen LogP contribution is 2.35. The second kappa shape index (κ2) is 8.94. The van der Waals surface area contributed by atoms with Crippen LogP contribution in [-0.4, -0.2) is 25.3 Å². The van der Waals surface area contributed by atoms with E-state index < -0.39 is 0 Å². The minimum absolute atomic E-state index is 0.0622. The number of rotatable bonds is 6. The fourth-order valence-corrected chi connectivity index (χ4v) is 3.50. The first-order valence-corrected chi connectivity index (χ1v) is 10.7. The Morgan fingerprint density at radius 1 is 0.939 bits per heavy atom. The zero-order valence-electron chi connectivity index (χ0n) is 19.2. The molecule has 5 nitrogen and oxygen atoms in total. The Hall–Kier alpha value is -3.86. The van der Waals surface area contributed by atoms with Gasteiger partial charge in [0.05, 0.1) is 12.7 Å². The van der Waals surface area contributed by atoms with Crippen molar-refractivity contribution in [3.63, 3.8) is 0 Å². The van der Waals surface area contributed by atoms with Gasteiger partial charge in [0.25, 0.3) is 0 Å². The topological polar surface area (TPSA) is 61.8 Å². The quantitative estimate of drug-likeness (QED) is 0.353. The summed E-state index contributed by atoms with van der Waals surface area (Å²) in [5.74, 6) is 1.49. The summed E-state index contributed by atoms with van der Waals surface area (Å²) in [4.78, 5) is 25.1. The van der Waals surface area contributed by atoms with Crippen molar-refractivity contribution in [3.8, 4) is 17.2 Å². The summed E-state index contributed by atoms with van der Waals surface area (Å²) in [5, 5.41) is 0. The number of fused-ring (bicyclic) bond motifs is 1. The SMILES string of the molecule is COc1ccc(C(=O)COc2ccc3c(c2)OC(=Cc2ccc(C(C)(C)C)cc2)C3=O)cc1. The highest BCUT2D eigenvalue weighted by molar-refractivity contribution is 6.14. The summed E-state index contributed by atoms with van der Waals surface area (Å²) >= 11 is 0. The van der Waals surface area contributed by atoms with Gasteiger partial charge in [0.1, 0.15) is 17.2 Å². The van der Waals surface area contributed by atoms with E-state index in [1.54, 1.807) is 55.7 Å². The molecule has 0 atom stereocenters. The van der Waals surface area contributed by atoms with E-state index in [1.807, 2.05) is 12.1 Å². The van der Waals surface area contributed by atoms with Crippen molar-refractivity contribution < 1.29 is 23.8 Å². The number of allylic oxidation sites excluding steroid dienone is 1.